The fraction of sp³-hybridized carbons (Fsp3) is 0.533. The Hall–Kier alpha value is -0.870. The average Bonchev–Trinajstić information content (AvgIpc) is 2.40. The second-order valence-corrected chi connectivity index (χ2v) is 6.19. The first kappa shape index (κ1) is 14.5. The van der Waals surface area contributed by atoms with Crippen LogP contribution < -0.4 is 5.32 Å². The van der Waals surface area contributed by atoms with Crippen LogP contribution in [0, 0.1) is 11.8 Å². The minimum absolute atomic E-state index is 0.142. The maximum atomic E-state index is 11.0. The van der Waals surface area contributed by atoms with Gasteiger partial charge in [0.1, 0.15) is 0 Å². The van der Waals surface area contributed by atoms with Gasteiger partial charge in [0, 0.05) is 10.5 Å². The van der Waals surface area contributed by atoms with E-state index in [4.69, 9.17) is 5.11 Å². The van der Waals surface area contributed by atoms with Crippen molar-refractivity contribution in [2.75, 3.05) is 7.05 Å². The lowest BCUT2D eigenvalue weighted by atomic mass is 9.77. The first-order valence-corrected chi connectivity index (χ1v) is 7.56. The second-order valence-electron chi connectivity index (χ2n) is 5.27. The number of carbonyl (C=O) groups is 1. The van der Waals surface area contributed by atoms with Crippen molar-refractivity contribution in [3.63, 3.8) is 0 Å². The SMILES string of the molecule is CNC(c1cccc(Br)c1)C1CCC(C(=O)O)CC1. The van der Waals surface area contributed by atoms with Crippen LogP contribution in [0.5, 0.6) is 0 Å². The maximum absolute atomic E-state index is 11.0. The van der Waals surface area contributed by atoms with Crippen molar-refractivity contribution in [1.29, 1.82) is 0 Å². The molecule has 1 fully saturated rings. The Morgan fingerprint density at radius 3 is 2.58 bits per heavy atom. The first-order chi connectivity index (χ1) is 9.11. The molecule has 2 N–H and O–H groups in total. The van der Waals surface area contributed by atoms with Gasteiger partial charge in [-0.3, -0.25) is 4.79 Å². The minimum atomic E-state index is -0.637. The summed E-state index contributed by atoms with van der Waals surface area (Å²) in [5.41, 5.74) is 1.27. The van der Waals surface area contributed by atoms with Gasteiger partial charge >= 0.3 is 5.97 Å². The summed E-state index contributed by atoms with van der Waals surface area (Å²) in [4.78, 5) is 11.0. The largest absolute Gasteiger partial charge is 0.481 e. The molecule has 1 saturated carbocycles. The number of carboxylic acid groups (broad SMARTS) is 1. The molecule has 19 heavy (non-hydrogen) atoms. The van der Waals surface area contributed by atoms with Gasteiger partial charge in [-0.1, -0.05) is 28.1 Å². The topological polar surface area (TPSA) is 49.3 Å². The van der Waals surface area contributed by atoms with E-state index < -0.39 is 5.97 Å². The molecule has 4 heteroatoms. The molecule has 1 aromatic carbocycles. The molecule has 1 aliphatic carbocycles. The monoisotopic (exact) mass is 325 g/mol. The van der Waals surface area contributed by atoms with Crippen LogP contribution in [0.3, 0.4) is 0 Å². The van der Waals surface area contributed by atoms with Crippen LogP contribution >= 0.6 is 15.9 Å². The van der Waals surface area contributed by atoms with E-state index in [9.17, 15) is 4.79 Å². The summed E-state index contributed by atoms with van der Waals surface area (Å²) >= 11 is 3.51. The van der Waals surface area contributed by atoms with Crippen LogP contribution in [-0.2, 0) is 4.79 Å². The normalized spacial score (nSPS) is 24.9. The summed E-state index contributed by atoms with van der Waals surface area (Å²) in [6.45, 7) is 0. The Labute approximate surface area is 122 Å². The summed E-state index contributed by atoms with van der Waals surface area (Å²) in [5, 5.41) is 12.4. The molecule has 0 aliphatic heterocycles. The van der Waals surface area contributed by atoms with Crippen molar-refractivity contribution >= 4 is 21.9 Å². The predicted octanol–water partition coefficient (Wildman–Crippen LogP) is 3.60. The zero-order chi connectivity index (χ0) is 13.8. The Morgan fingerprint density at radius 1 is 1.37 bits per heavy atom. The van der Waals surface area contributed by atoms with E-state index >= 15 is 0 Å². The molecule has 3 nitrogen and oxygen atoms in total. The lowest BCUT2D eigenvalue weighted by molar-refractivity contribution is -0.143. The van der Waals surface area contributed by atoms with E-state index in [1.165, 1.54) is 5.56 Å². The standard InChI is InChI=1S/C15H20BrNO2/c1-17-14(12-3-2-4-13(16)9-12)10-5-7-11(8-6-10)15(18)19/h2-4,9-11,14,17H,5-8H2,1H3,(H,18,19). The molecular weight excluding hydrogens is 306 g/mol. The summed E-state index contributed by atoms with van der Waals surface area (Å²) in [6.07, 6.45) is 3.56. The van der Waals surface area contributed by atoms with E-state index in [0.29, 0.717) is 12.0 Å². The molecule has 1 unspecified atom stereocenters. The van der Waals surface area contributed by atoms with E-state index in [0.717, 1.165) is 30.2 Å². The molecular formula is C15H20BrNO2. The van der Waals surface area contributed by atoms with E-state index in [2.05, 4.69) is 33.4 Å². The number of aliphatic carboxylic acids is 1. The molecule has 0 bridgehead atoms. The quantitative estimate of drug-likeness (QED) is 0.889. The predicted molar refractivity (Wildman–Crippen MR) is 79.0 cm³/mol. The van der Waals surface area contributed by atoms with Crippen molar-refractivity contribution in [3.8, 4) is 0 Å². The second kappa shape index (κ2) is 6.53. The third-order valence-corrected chi connectivity index (χ3v) is 4.60. The Bertz CT molecular complexity index is 442. The van der Waals surface area contributed by atoms with Gasteiger partial charge in [0.2, 0.25) is 0 Å². The molecule has 0 heterocycles. The number of carboxylic acids is 1. The first-order valence-electron chi connectivity index (χ1n) is 6.77. The smallest absolute Gasteiger partial charge is 0.306 e. The van der Waals surface area contributed by atoms with E-state index in [-0.39, 0.29) is 5.92 Å². The zero-order valence-electron chi connectivity index (χ0n) is 11.1. The number of hydrogen-bond acceptors (Lipinski definition) is 2. The van der Waals surface area contributed by atoms with Crippen molar-refractivity contribution in [2.24, 2.45) is 11.8 Å². The number of halogens is 1. The molecule has 0 amide bonds. The Balaban J connectivity index is 2.05. The highest BCUT2D eigenvalue weighted by Gasteiger charge is 2.30. The van der Waals surface area contributed by atoms with Gasteiger partial charge in [-0.25, -0.2) is 0 Å². The average molecular weight is 326 g/mol. The van der Waals surface area contributed by atoms with E-state index in [1.54, 1.807) is 0 Å². The van der Waals surface area contributed by atoms with Gasteiger partial charge in [0.25, 0.3) is 0 Å². The van der Waals surface area contributed by atoms with Crippen molar-refractivity contribution < 1.29 is 9.90 Å². The highest BCUT2D eigenvalue weighted by atomic mass is 79.9. The van der Waals surface area contributed by atoms with Gasteiger partial charge < -0.3 is 10.4 Å². The van der Waals surface area contributed by atoms with Crippen LogP contribution in [0.25, 0.3) is 0 Å². The number of hydrogen-bond donors (Lipinski definition) is 2. The Kier molecular flexibility index (Phi) is 4.99. The highest BCUT2D eigenvalue weighted by molar-refractivity contribution is 9.10. The van der Waals surface area contributed by atoms with Crippen molar-refractivity contribution in [3.05, 3.63) is 34.3 Å². The molecule has 104 valence electrons. The van der Waals surface area contributed by atoms with Gasteiger partial charge in [-0.05, 0) is 56.3 Å². The van der Waals surface area contributed by atoms with Crippen molar-refractivity contribution in [1.82, 2.24) is 5.32 Å². The lowest BCUT2D eigenvalue weighted by Crippen LogP contribution is -2.30. The number of benzene rings is 1. The minimum Gasteiger partial charge on any atom is -0.481 e. The summed E-state index contributed by atoms with van der Waals surface area (Å²) in [5.74, 6) is -0.256. The van der Waals surface area contributed by atoms with Crippen LogP contribution in [0.1, 0.15) is 37.3 Å². The molecule has 1 atom stereocenters. The summed E-state index contributed by atoms with van der Waals surface area (Å²) in [6, 6.07) is 8.66. The molecule has 0 radical (unpaired) electrons. The fourth-order valence-electron chi connectivity index (χ4n) is 3.07. The van der Waals surface area contributed by atoms with Gasteiger partial charge in [-0.15, -0.1) is 0 Å². The highest BCUT2D eigenvalue weighted by Crippen LogP contribution is 2.37. The Morgan fingerprint density at radius 2 is 2.05 bits per heavy atom. The van der Waals surface area contributed by atoms with Crippen LogP contribution in [-0.4, -0.2) is 18.1 Å². The van der Waals surface area contributed by atoms with Gasteiger partial charge in [-0.2, -0.15) is 0 Å². The summed E-state index contributed by atoms with van der Waals surface area (Å²) < 4.78 is 1.09. The number of nitrogens with one attached hydrogen (secondary N) is 1. The van der Waals surface area contributed by atoms with Crippen LogP contribution in [0.2, 0.25) is 0 Å². The van der Waals surface area contributed by atoms with Gasteiger partial charge in [0.05, 0.1) is 5.92 Å². The third-order valence-electron chi connectivity index (χ3n) is 4.11. The maximum Gasteiger partial charge on any atom is 0.306 e. The molecule has 1 aromatic rings. The van der Waals surface area contributed by atoms with Crippen LogP contribution in [0.4, 0.5) is 0 Å². The van der Waals surface area contributed by atoms with Crippen molar-refractivity contribution in [2.45, 2.75) is 31.7 Å². The summed E-state index contributed by atoms with van der Waals surface area (Å²) in [7, 11) is 1.98. The zero-order valence-corrected chi connectivity index (χ0v) is 12.7. The molecule has 0 spiro atoms. The van der Waals surface area contributed by atoms with Gasteiger partial charge in [0.15, 0.2) is 0 Å². The third kappa shape index (κ3) is 3.57. The molecule has 0 aromatic heterocycles. The molecule has 0 saturated heterocycles. The number of rotatable bonds is 4. The van der Waals surface area contributed by atoms with E-state index in [1.807, 2.05) is 19.2 Å². The van der Waals surface area contributed by atoms with Crippen LogP contribution in [0.15, 0.2) is 28.7 Å². The molecule has 1 aliphatic rings. The lowest BCUT2D eigenvalue weighted by Gasteiger charge is -2.32. The fourth-order valence-corrected chi connectivity index (χ4v) is 3.49. The molecule has 2 rings (SSSR count).